The Hall–Kier alpha value is -2.54. The molecule has 0 fully saturated rings. The number of aromatic amines is 1. The average Bonchev–Trinajstić information content (AvgIpc) is 3.08. The predicted molar refractivity (Wildman–Crippen MR) is 90.3 cm³/mol. The number of rotatable bonds is 7. The lowest BCUT2D eigenvalue weighted by molar-refractivity contribution is 0.0897. The summed E-state index contributed by atoms with van der Waals surface area (Å²) in [4.78, 5) is 12.5. The molecule has 0 aliphatic heterocycles. The quantitative estimate of drug-likeness (QED) is 0.718. The maximum Gasteiger partial charge on any atom is 0.255 e. The molecule has 1 aromatic heterocycles. The number of aliphatic hydroxyl groups excluding tert-OH is 1. The van der Waals surface area contributed by atoms with Crippen molar-refractivity contribution < 1.29 is 19.4 Å². The molecular weight excluding hydrogens is 310 g/mol. The first-order valence-electron chi connectivity index (χ1n) is 7.69. The SMILES string of the molecule is COc1ccc(-c2[nH]ncc2C(=O)N[C@@H](CO)C(C)C)c(OC)c1. The van der Waals surface area contributed by atoms with E-state index in [1.807, 2.05) is 13.8 Å². The van der Waals surface area contributed by atoms with E-state index in [1.54, 1.807) is 32.4 Å². The number of carbonyl (C=O) groups is 1. The van der Waals surface area contributed by atoms with Crippen molar-refractivity contribution in [1.82, 2.24) is 15.5 Å². The minimum atomic E-state index is -0.321. The highest BCUT2D eigenvalue weighted by molar-refractivity contribution is 6.00. The molecule has 7 nitrogen and oxygen atoms in total. The molecule has 0 spiro atoms. The molecule has 1 heterocycles. The van der Waals surface area contributed by atoms with E-state index < -0.39 is 0 Å². The molecule has 2 rings (SSSR count). The number of amides is 1. The van der Waals surface area contributed by atoms with Gasteiger partial charge in [-0.05, 0) is 18.1 Å². The van der Waals surface area contributed by atoms with Crippen LogP contribution in [-0.4, -0.2) is 48.1 Å². The zero-order chi connectivity index (χ0) is 17.7. The first-order chi connectivity index (χ1) is 11.5. The molecule has 0 bridgehead atoms. The number of nitrogens with one attached hydrogen (secondary N) is 2. The maximum absolute atomic E-state index is 12.5. The van der Waals surface area contributed by atoms with Crippen molar-refractivity contribution >= 4 is 5.91 Å². The summed E-state index contributed by atoms with van der Waals surface area (Å²) in [7, 11) is 3.12. The largest absolute Gasteiger partial charge is 0.497 e. The van der Waals surface area contributed by atoms with Crippen LogP contribution in [0.15, 0.2) is 24.4 Å². The monoisotopic (exact) mass is 333 g/mol. The van der Waals surface area contributed by atoms with Crippen molar-refractivity contribution in [2.75, 3.05) is 20.8 Å². The van der Waals surface area contributed by atoms with Crippen molar-refractivity contribution in [2.24, 2.45) is 5.92 Å². The molecule has 0 saturated carbocycles. The Bertz CT molecular complexity index is 697. The van der Waals surface area contributed by atoms with Gasteiger partial charge in [0.25, 0.3) is 5.91 Å². The number of aliphatic hydroxyl groups is 1. The summed E-state index contributed by atoms with van der Waals surface area (Å²) in [5, 5.41) is 19.0. The summed E-state index contributed by atoms with van der Waals surface area (Å²) < 4.78 is 10.6. The molecule has 1 atom stereocenters. The second-order valence-corrected chi connectivity index (χ2v) is 5.73. The normalized spacial score (nSPS) is 12.1. The Labute approximate surface area is 141 Å². The van der Waals surface area contributed by atoms with E-state index in [2.05, 4.69) is 15.5 Å². The summed E-state index contributed by atoms with van der Waals surface area (Å²) in [5.41, 5.74) is 1.64. The fourth-order valence-electron chi connectivity index (χ4n) is 2.34. The Balaban J connectivity index is 2.35. The molecule has 0 radical (unpaired) electrons. The minimum Gasteiger partial charge on any atom is -0.497 e. The van der Waals surface area contributed by atoms with Gasteiger partial charge in [0.05, 0.1) is 44.3 Å². The zero-order valence-corrected chi connectivity index (χ0v) is 14.3. The van der Waals surface area contributed by atoms with Crippen LogP contribution < -0.4 is 14.8 Å². The topological polar surface area (TPSA) is 96.5 Å². The molecule has 0 aliphatic rings. The highest BCUT2D eigenvalue weighted by Crippen LogP contribution is 2.33. The lowest BCUT2D eigenvalue weighted by atomic mass is 10.0. The van der Waals surface area contributed by atoms with Crippen LogP contribution >= 0.6 is 0 Å². The first-order valence-corrected chi connectivity index (χ1v) is 7.69. The number of hydrogen-bond donors (Lipinski definition) is 3. The second kappa shape index (κ2) is 7.83. The molecule has 1 aromatic carbocycles. The van der Waals surface area contributed by atoms with Crippen molar-refractivity contribution in [3.8, 4) is 22.8 Å². The lowest BCUT2D eigenvalue weighted by Gasteiger charge is -2.20. The summed E-state index contributed by atoms with van der Waals surface area (Å²) in [6, 6.07) is 5.00. The Morgan fingerprint density at radius 1 is 1.33 bits per heavy atom. The van der Waals surface area contributed by atoms with Gasteiger partial charge in [0.15, 0.2) is 0 Å². The van der Waals surface area contributed by atoms with Crippen LogP contribution in [0.4, 0.5) is 0 Å². The molecule has 0 saturated heterocycles. The number of nitrogens with zero attached hydrogens (tertiary/aromatic N) is 1. The fourth-order valence-corrected chi connectivity index (χ4v) is 2.34. The maximum atomic E-state index is 12.5. The van der Waals surface area contributed by atoms with Crippen LogP contribution in [0.1, 0.15) is 24.2 Å². The van der Waals surface area contributed by atoms with Gasteiger partial charge in [0.2, 0.25) is 0 Å². The van der Waals surface area contributed by atoms with Crippen molar-refractivity contribution in [2.45, 2.75) is 19.9 Å². The van der Waals surface area contributed by atoms with E-state index >= 15 is 0 Å². The highest BCUT2D eigenvalue weighted by Gasteiger charge is 2.22. The van der Waals surface area contributed by atoms with Gasteiger partial charge in [0.1, 0.15) is 11.5 Å². The van der Waals surface area contributed by atoms with Gasteiger partial charge in [-0.1, -0.05) is 13.8 Å². The van der Waals surface area contributed by atoms with E-state index in [-0.39, 0.29) is 24.5 Å². The third-order valence-corrected chi connectivity index (χ3v) is 3.88. The summed E-state index contributed by atoms with van der Waals surface area (Å²) in [6.45, 7) is 3.75. The molecule has 0 aliphatic carbocycles. The number of benzene rings is 1. The van der Waals surface area contributed by atoms with Crippen LogP contribution in [0.2, 0.25) is 0 Å². The molecule has 7 heteroatoms. The third kappa shape index (κ3) is 3.68. The number of methoxy groups -OCH3 is 2. The third-order valence-electron chi connectivity index (χ3n) is 3.88. The lowest BCUT2D eigenvalue weighted by Crippen LogP contribution is -2.41. The Morgan fingerprint density at radius 2 is 2.08 bits per heavy atom. The number of ether oxygens (including phenoxy) is 2. The predicted octanol–water partition coefficient (Wildman–Crippen LogP) is 1.84. The first kappa shape index (κ1) is 17.8. The van der Waals surface area contributed by atoms with Gasteiger partial charge >= 0.3 is 0 Å². The molecular formula is C17H23N3O4. The van der Waals surface area contributed by atoms with Crippen LogP contribution in [0, 0.1) is 5.92 Å². The molecule has 24 heavy (non-hydrogen) atoms. The van der Waals surface area contributed by atoms with Gasteiger partial charge in [-0.15, -0.1) is 0 Å². The van der Waals surface area contributed by atoms with Gasteiger partial charge in [-0.25, -0.2) is 0 Å². The average molecular weight is 333 g/mol. The fraction of sp³-hybridized carbons (Fsp3) is 0.412. The van der Waals surface area contributed by atoms with Crippen LogP contribution in [-0.2, 0) is 0 Å². The minimum absolute atomic E-state index is 0.116. The molecule has 1 amide bonds. The van der Waals surface area contributed by atoms with Crippen molar-refractivity contribution in [3.63, 3.8) is 0 Å². The van der Waals surface area contributed by atoms with E-state index in [4.69, 9.17) is 9.47 Å². The standard InChI is InChI=1S/C17H23N3O4/c1-10(2)14(9-21)19-17(22)13-8-18-20-16(13)12-6-5-11(23-3)7-15(12)24-4/h5-8,10,14,21H,9H2,1-4H3,(H,18,20)(H,19,22)/t14-/m0/s1. The van der Waals surface area contributed by atoms with Crippen molar-refractivity contribution in [3.05, 3.63) is 30.0 Å². The van der Waals surface area contributed by atoms with Crippen LogP contribution in [0.3, 0.4) is 0 Å². The molecule has 130 valence electrons. The van der Waals surface area contributed by atoms with E-state index in [9.17, 15) is 9.90 Å². The summed E-state index contributed by atoms with van der Waals surface area (Å²) >= 11 is 0. The van der Waals surface area contributed by atoms with E-state index in [1.165, 1.54) is 6.20 Å². The zero-order valence-electron chi connectivity index (χ0n) is 14.3. The molecule has 2 aromatic rings. The van der Waals surface area contributed by atoms with Gasteiger partial charge < -0.3 is 19.9 Å². The summed E-state index contributed by atoms with van der Waals surface area (Å²) in [5.74, 6) is 1.03. The molecule has 0 unspecified atom stereocenters. The van der Waals surface area contributed by atoms with Gasteiger partial charge in [0, 0.05) is 11.6 Å². The number of aromatic nitrogens is 2. The highest BCUT2D eigenvalue weighted by atomic mass is 16.5. The van der Waals surface area contributed by atoms with Crippen molar-refractivity contribution in [1.29, 1.82) is 0 Å². The number of H-pyrrole nitrogens is 1. The van der Waals surface area contributed by atoms with E-state index in [0.29, 0.717) is 28.3 Å². The smallest absolute Gasteiger partial charge is 0.255 e. The Kier molecular flexibility index (Phi) is 5.81. The van der Waals surface area contributed by atoms with E-state index in [0.717, 1.165) is 0 Å². The second-order valence-electron chi connectivity index (χ2n) is 5.73. The van der Waals surface area contributed by atoms with Gasteiger partial charge in [-0.2, -0.15) is 5.10 Å². The van der Waals surface area contributed by atoms with Gasteiger partial charge in [-0.3, -0.25) is 9.89 Å². The molecule has 3 N–H and O–H groups in total. The van der Waals surface area contributed by atoms with Crippen LogP contribution in [0.25, 0.3) is 11.3 Å². The number of hydrogen-bond acceptors (Lipinski definition) is 5. The number of carbonyl (C=O) groups excluding carboxylic acids is 1. The summed E-state index contributed by atoms with van der Waals surface area (Å²) in [6.07, 6.45) is 1.46. The Morgan fingerprint density at radius 3 is 2.67 bits per heavy atom. The van der Waals surface area contributed by atoms with Crippen LogP contribution in [0.5, 0.6) is 11.5 Å².